The van der Waals surface area contributed by atoms with E-state index in [1.807, 2.05) is 29.6 Å². The molecule has 39 heavy (non-hydrogen) atoms. The number of hydrogen-bond donors (Lipinski definition) is 1. The molecule has 0 spiro atoms. The number of halogens is 2. The van der Waals surface area contributed by atoms with Crippen LogP contribution in [0.2, 0.25) is 0 Å². The van der Waals surface area contributed by atoms with Crippen LogP contribution in [0.25, 0.3) is 21.8 Å². The average Bonchev–Trinajstić information content (AvgIpc) is 3.39. The van der Waals surface area contributed by atoms with E-state index in [2.05, 4.69) is 10.1 Å². The first-order valence-electron chi connectivity index (χ1n) is 12.4. The molecule has 204 valence electrons. The van der Waals surface area contributed by atoms with Crippen LogP contribution in [0.1, 0.15) is 39.2 Å². The highest BCUT2D eigenvalue weighted by molar-refractivity contribution is 7.13. The van der Waals surface area contributed by atoms with E-state index in [9.17, 15) is 18.4 Å². The first-order chi connectivity index (χ1) is 18.7. The van der Waals surface area contributed by atoms with E-state index in [4.69, 9.17) is 14.5 Å². The molecule has 1 N–H and O–H groups in total. The highest BCUT2D eigenvalue weighted by atomic mass is 32.1. The van der Waals surface area contributed by atoms with Crippen LogP contribution in [0.5, 0.6) is 5.75 Å². The SMILES string of the molecule is CCOC(=O)C1=C(C)NC(C)=C(C(=O)OCC)C1c1ccccc1-c1nc(-c2ccc(OC(F)F)cc2)cs1. The number of alkyl halides is 2. The number of rotatable bonds is 9. The van der Waals surface area contributed by atoms with Crippen LogP contribution in [0.15, 0.2) is 76.5 Å². The molecule has 0 radical (unpaired) electrons. The predicted octanol–water partition coefficient (Wildman–Crippen LogP) is 6.44. The number of thiazole rings is 1. The normalized spacial score (nSPS) is 13.9. The number of nitrogens with one attached hydrogen (secondary N) is 1. The monoisotopic (exact) mass is 554 g/mol. The van der Waals surface area contributed by atoms with Crippen molar-refractivity contribution in [2.75, 3.05) is 13.2 Å². The molecule has 0 saturated heterocycles. The Hall–Kier alpha value is -4.05. The molecule has 7 nitrogen and oxygen atoms in total. The number of dihydropyridines is 1. The van der Waals surface area contributed by atoms with Crippen LogP contribution in [-0.4, -0.2) is 36.7 Å². The molecule has 0 atom stereocenters. The minimum Gasteiger partial charge on any atom is -0.463 e. The fourth-order valence-electron chi connectivity index (χ4n) is 4.54. The number of nitrogens with zero attached hydrogens (tertiary/aromatic N) is 1. The van der Waals surface area contributed by atoms with Gasteiger partial charge < -0.3 is 19.5 Å². The second-order valence-corrected chi connectivity index (χ2v) is 9.46. The Balaban J connectivity index is 1.81. The topological polar surface area (TPSA) is 86.8 Å². The molecule has 1 aromatic heterocycles. The van der Waals surface area contributed by atoms with Crippen LogP contribution in [-0.2, 0) is 19.1 Å². The summed E-state index contributed by atoms with van der Waals surface area (Å²) in [5, 5.41) is 5.67. The summed E-state index contributed by atoms with van der Waals surface area (Å²) in [6, 6.07) is 13.7. The molecule has 0 aliphatic carbocycles. The molecule has 2 heterocycles. The molecular formula is C29H28F2N2O5S. The van der Waals surface area contributed by atoms with Gasteiger partial charge in [-0.25, -0.2) is 14.6 Å². The molecule has 2 aromatic carbocycles. The summed E-state index contributed by atoms with van der Waals surface area (Å²) in [6.45, 7) is 4.46. The first-order valence-corrected chi connectivity index (χ1v) is 13.3. The number of allylic oxidation sites excluding steroid dienone is 2. The van der Waals surface area contributed by atoms with Gasteiger partial charge in [-0.05, 0) is 57.5 Å². The van der Waals surface area contributed by atoms with Gasteiger partial charge in [0.2, 0.25) is 0 Å². The fraction of sp³-hybridized carbons (Fsp3) is 0.276. The lowest BCUT2D eigenvalue weighted by molar-refractivity contribution is -0.139. The zero-order chi connectivity index (χ0) is 28.1. The van der Waals surface area contributed by atoms with Gasteiger partial charge >= 0.3 is 18.6 Å². The van der Waals surface area contributed by atoms with E-state index in [-0.39, 0.29) is 19.0 Å². The van der Waals surface area contributed by atoms with Gasteiger partial charge in [0.25, 0.3) is 0 Å². The molecule has 1 aliphatic rings. The Morgan fingerprint density at radius 1 is 0.949 bits per heavy atom. The van der Waals surface area contributed by atoms with Crippen molar-refractivity contribution in [3.63, 3.8) is 0 Å². The van der Waals surface area contributed by atoms with E-state index in [1.165, 1.54) is 23.5 Å². The van der Waals surface area contributed by atoms with Crippen molar-refractivity contribution in [3.8, 4) is 27.6 Å². The average molecular weight is 555 g/mol. The molecule has 0 bridgehead atoms. The lowest BCUT2D eigenvalue weighted by atomic mass is 9.78. The Kier molecular flexibility index (Phi) is 8.75. The standard InChI is InChI=1S/C29H28F2N2O5S/c1-5-36-27(34)23-16(3)32-17(4)24(28(35)37-6-2)25(23)20-9-7-8-10-21(20)26-33-22(15-39-26)18-11-13-19(14-12-18)38-29(30)31/h7-15,25,29,32H,5-6H2,1-4H3. The predicted molar refractivity (Wildman–Crippen MR) is 144 cm³/mol. The van der Waals surface area contributed by atoms with Crippen molar-refractivity contribution < 1.29 is 32.6 Å². The molecule has 0 unspecified atom stereocenters. The van der Waals surface area contributed by atoms with Gasteiger partial charge in [0.1, 0.15) is 10.8 Å². The summed E-state index contributed by atoms with van der Waals surface area (Å²) < 4.78 is 40.2. The molecule has 0 fully saturated rings. The van der Waals surface area contributed by atoms with E-state index < -0.39 is 24.5 Å². The van der Waals surface area contributed by atoms with Crippen molar-refractivity contribution in [2.45, 2.75) is 40.2 Å². The largest absolute Gasteiger partial charge is 0.463 e. The van der Waals surface area contributed by atoms with E-state index in [1.54, 1.807) is 39.8 Å². The molecule has 10 heteroatoms. The maximum atomic E-state index is 13.2. The van der Waals surface area contributed by atoms with Crippen molar-refractivity contribution in [1.82, 2.24) is 10.3 Å². The number of hydrogen-bond acceptors (Lipinski definition) is 8. The van der Waals surface area contributed by atoms with Gasteiger partial charge in [0.15, 0.2) is 0 Å². The highest BCUT2D eigenvalue weighted by Gasteiger charge is 2.39. The zero-order valence-corrected chi connectivity index (χ0v) is 22.7. The van der Waals surface area contributed by atoms with Gasteiger partial charge in [-0.3, -0.25) is 0 Å². The first kappa shape index (κ1) is 28.0. The highest BCUT2D eigenvalue weighted by Crippen LogP contribution is 2.44. The van der Waals surface area contributed by atoms with E-state index in [0.29, 0.717) is 38.8 Å². The molecule has 3 aromatic rings. The van der Waals surface area contributed by atoms with Crippen LogP contribution in [0.3, 0.4) is 0 Å². The molecule has 1 aliphatic heterocycles. The Morgan fingerprint density at radius 3 is 2.10 bits per heavy atom. The van der Waals surface area contributed by atoms with Crippen LogP contribution in [0.4, 0.5) is 8.78 Å². The van der Waals surface area contributed by atoms with Crippen LogP contribution >= 0.6 is 11.3 Å². The second-order valence-electron chi connectivity index (χ2n) is 8.60. The zero-order valence-electron chi connectivity index (χ0n) is 21.9. The van der Waals surface area contributed by atoms with Crippen molar-refractivity contribution >= 4 is 23.3 Å². The number of benzene rings is 2. The Morgan fingerprint density at radius 2 is 1.54 bits per heavy atom. The van der Waals surface area contributed by atoms with Gasteiger partial charge in [-0.1, -0.05) is 24.3 Å². The minimum atomic E-state index is -2.90. The van der Waals surface area contributed by atoms with Crippen LogP contribution < -0.4 is 10.1 Å². The van der Waals surface area contributed by atoms with Crippen molar-refractivity contribution in [3.05, 3.63) is 82.0 Å². The van der Waals surface area contributed by atoms with Crippen LogP contribution in [0, 0.1) is 0 Å². The number of aromatic nitrogens is 1. The number of carbonyl (C=O) groups is 2. The maximum Gasteiger partial charge on any atom is 0.387 e. The second kappa shape index (κ2) is 12.2. The fourth-order valence-corrected chi connectivity index (χ4v) is 5.42. The Bertz CT molecular complexity index is 1390. The van der Waals surface area contributed by atoms with Gasteiger partial charge in [-0.15, -0.1) is 11.3 Å². The molecule has 0 saturated carbocycles. The van der Waals surface area contributed by atoms with Crippen molar-refractivity contribution in [2.24, 2.45) is 0 Å². The molecular weight excluding hydrogens is 526 g/mol. The summed E-state index contributed by atoms with van der Waals surface area (Å²) in [6.07, 6.45) is 0. The lowest BCUT2D eigenvalue weighted by Crippen LogP contribution is -2.32. The summed E-state index contributed by atoms with van der Waals surface area (Å²) in [7, 11) is 0. The van der Waals surface area contributed by atoms with Gasteiger partial charge in [0.05, 0.1) is 36.0 Å². The smallest absolute Gasteiger partial charge is 0.387 e. The third-order valence-electron chi connectivity index (χ3n) is 6.13. The third kappa shape index (κ3) is 6.01. The Labute approximate surface area is 229 Å². The van der Waals surface area contributed by atoms with E-state index >= 15 is 0 Å². The summed E-state index contributed by atoms with van der Waals surface area (Å²) >= 11 is 1.39. The third-order valence-corrected chi connectivity index (χ3v) is 7.01. The summed E-state index contributed by atoms with van der Waals surface area (Å²) in [5.41, 5.74) is 4.63. The van der Waals surface area contributed by atoms with Crippen molar-refractivity contribution in [1.29, 1.82) is 0 Å². The quantitative estimate of drug-likeness (QED) is 0.305. The summed E-state index contributed by atoms with van der Waals surface area (Å²) in [4.78, 5) is 31.2. The lowest BCUT2D eigenvalue weighted by Gasteiger charge is -2.31. The van der Waals surface area contributed by atoms with E-state index in [0.717, 1.165) is 11.1 Å². The molecule has 0 amide bonds. The minimum absolute atomic E-state index is 0.0581. The molecule has 4 rings (SSSR count). The van der Waals surface area contributed by atoms with Gasteiger partial charge in [-0.2, -0.15) is 8.78 Å². The number of ether oxygens (including phenoxy) is 3. The van der Waals surface area contributed by atoms with Gasteiger partial charge in [0, 0.05) is 27.9 Å². The number of carbonyl (C=O) groups excluding carboxylic acids is 2. The summed E-state index contributed by atoms with van der Waals surface area (Å²) in [5.74, 6) is -1.74. The number of esters is 2. The maximum absolute atomic E-state index is 13.2.